The second-order valence-electron chi connectivity index (χ2n) is 4.50. The smallest absolute Gasteiger partial charge is 0.240 e. The minimum atomic E-state index is -0.421. The molecule has 0 aliphatic heterocycles. The summed E-state index contributed by atoms with van der Waals surface area (Å²) in [5, 5.41) is 11.9. The van der Waals surface area contributed by atoms with Crippen LogP contribution in [0.2, 0.25) is 0 Å². The number of alkyl halides is 1. The van der Waals surface area contributed by atoms with Crippen LogP contribution < -0.4 is 5.32 Å². The zero-order valence-corrected chi connectivity index (χ0v) is 11.4. The van der Waals surface area contributed by atoms with E-state index in [1.54, 1.807) is 0 Å². The van der Waals surface area contributed by atoms with Gasteiger partial charge < -0.3 is 5.32 Å². The molecule has 0 saturated carbocycles. The van der Waals surface area contributed by atoms with Gasteiger partial charge in [0.25, 0.3) is 0 Å². The predicted molar refractivity (Wildman–Crippen MR) is 71.4 cm³/mol. The highest BCUT2D eigenvalue weighted by atomic mass is 35.5. The Balaban J connectivity index is 2.62. The molecule has 0 unspecified atom stereocenters. The number of carbonyl (C=O) groups excluding carboxylic acids is 2. The largest absolute Gasteiger partial charge is 0.310 e. The quantitative estimate of drug-likeness (QED) is 0.842. The number of anilines is 1. The standard InChI is InChI=1S/C13H14ClN3O2/c1-8(18)17-11-5-3-2-4-9(11)10(7-15)13(17)16-12(19)6-14/h2-6H2,1H3,(H,16,19). The summed E-state index contributed by atoms with van der Waals surface area (Å²) in [5.74, 6) is -0.564. The number of hydrogen-bond acceptors (Lipinski definition) is 3. The van der Waals surface area contributed by atoms with Gasteiger partial charge >= 0.3 is 0 Å². The average Bonchev–Trinajstić information content (AvgIpc) is 2.71. The lowest BCUT2D eigenvalue weighted by Gasteiger charge is -2.14. The molecule has 1 N–H and O–H groups in total. The minimum absolute atomic E-state index is 0.204. The first-order valence-electron chi connectivity index (χ1n) is 6.13. The van der Waals surface area contributed by atoms with E-state index in [-0.39, 0.29) is 17.6 Å². The van der Waals surface area contributed by atoms with Crippen molar-refractivity contribution in [2.45, 2.75) is 32.6 Å². The fourth-order valence-electron chi connectivity index (χ4n) is 2.55. The van der Waals surface area contributed by atoms with Gasteiger partial charge in [0.15, 0.2) is 0 Å². The number of carbonyl (C=O) groups is 2. The number of hydrogen-bond donors (Lipinski definition) is 1. The Labute approximate surface area is 116 Å². The van der Waals surface area contributed by atoms with Gasteiger partial charge in [-0.3, -0.25) is 14.2 Å². The second-order valence-corrected chi connectivity index (χ2v) is 4.77. The molecule has 0 radical (unpaired) electrons. The normalized spacial score (nSPS) is 13.5. The van der Waals surface area contributed by atoms with Crippen LogP contribution in [-0.2, 0) is 17.6 Å². The zero-order valence-electron chi connectivity index (χ0n) is 10.6. The van der Waals surface area contributed by atoms with Gasteiger partial charge in [-0.2, -0.15) is 5.26 Å². The summed E-state index contributed by atoms with van der Waals surface area (Å²) in [6, 6.07) is 2.10. The fourth-order valence-corrected chi connectivity index (χ4v) is 2.61. The van der Waals surface area contributed by atoms with Crippen molar-refractivity contribution in [1.82, 2.24) is 4.57 Å². The molecule has 0 atom stereocenters. The first kappa shape index (κ1) is 13.6. The molecule has 19 heavy (non-hydrogen) atoms. The Morgan fingerprint density at radius 2 is 2.11 bits per heavy atom. The van der Waals surface area contributed by atoms with Crippen LogP contribution >= 0.6 is 11.6 Å². The molecule has 100 valence electrons. The maximum atomic E-state index is 11.8. The number of nitriles is 1. The van der Waals surface area contributed by atoms with E-state index >= 15 is 0 Å². The summed E-state index contributed by atoms with van der Waals surface area (Å²) in [7, 11) is 0. The van der Waals surface area contributed by atoms with Crippen molar-refractivity contribution < 1.29 is 9.59 Å². The van der Waals surface area contributed by atoms with Crippen molar-refractivity contribution in [3.63, 3.8) is 0 Å². The number of halogens is 1. The third-order valence-electron chi connectivity index (χ3n) is 3.28. The molecular formula is C13H14ClN3O2. The molecule has 1 aromatic heterocycles. The molecule has 1 aliphatic rings. The van der Waals surface area contributed by atoms with E-state index in [4.69, 9.17) is 11.6 Å². The van der Waals surface area contributed by atoms with Crippen molar-refractivity contribution >= 4 is 29.2 Å². The summed E-state index contributed by atoms with van der Waals surface area (Å²) < 4.78 is 1.44. The average molecular weight is 280 g/mol. The lowest BCUT2D eigenvalue weighted by atomic mass is 9.95. The SMILES string of the molecule is CC(=O)n1c2c(c(C#N)c1NC(=O)CCl)CCCC2. The van der Waals surface area contributed by atoms with Gasteiger partial charge in [-0.05, 0) is 31.2 Å². The van der Waals surface area contributed by atoms with E-state index in [1.165, 1.54) is 11.5 Å². The number of aromatic nitrogens is 1. The maximum absolute atomic E-state index is 11.8. The third kappa shape index (κ3) is 2.36. The minimum Gasteiger partial charge on any atom is -0.310 e. The van der Waals surface area contributed by atoms with E-state index in [1.807, 2.05) is 0 Å². The molecular weight excluding hydrogens is 266 g/mol. The lowest BCUT2D eigenvalue weighted by Crippen LogP contribution is -2.20. The van der Waals surface area contributed by atoms with Gasteiger partial charge in [-0.15, -0.1) is 11.6 Å². The number of rotatable bonds is 2. The molecule has 2 rings (SSSR count). The summed E-state index contributed by atoms with van der Waals surface area (Å²) in [6.07, 6.45) is 3.49. The molecule has 0 fully saturated rings. The number of amides is 1. The fraction of sp³-hybridized carbons (Fsp3) is 0.462. The molecule has 1 aromatic rings. The van der Waals surface area contributed by atoms with E-state index in [9.17, 15) is 14.9 Å². The molecule has 1 heterocycles. The van der Waals surface area contributed by atoms with Crippen molar-refractivity contribution in [2.24, 2.45) is 0 Å². The molecule has 0 bridgehead atoms. The van der Waals surface area contributed by atoms with E-state index in [0.29, 0.717) is 5.56 Å². The van der Waals surface area contributed by atoms with Crippen LogP contribution in [0.4, 0.5) is 5.82 Å². The molecule has 1 amide bonds. The summed E-state index contributed by atoms with van der Waals surface area (Å²) in [6.45, 7) is 1.42. The number of fused-ring (bicyclic) bond motifs is 1. The van der Waals surface area contributed by atoms with Crippen LogP contribution in [-0.4, -0.2) is 22.3 Å². The first-order valence-corrected chi connectivity index (χ1v) is 6.67. The van der Waals surface area contributed by atoms with Crippen molar-refractivity contribution in [3.05, 3.63) is 16.8 Å². The lowest BCUT2D eigenvalue weighted by molar-refractivity contribution is -0.113. The van der Waals surface area contributed by atoms with Gasteiger partial charge in [0.1, 0.15) is 17.8 Å². The van der Waals surface area contributed by atoms with Crippen LogP contribution in [0.1, 0.15) is 41.4 Å². The topological polar surface area (TPSA) is 74.9 Å². The highest BCUT2D eigenvalue weighted by Crippen LogP contribution is 2.32. The zero-order chi connectivity index (χ0) is 14.0. The molecule has 0 spiro atoms. The predicted octanol–water partition coefficient (Wildman–Crippen LogP) is 2.08. The Morgan fingerprint density at radius 1 is 1.42 bits per heavy atom. The third-order valence-corrected chi connectivity index (χ3v) is 3.52. The van der Waals surface area contributed by atoms with E-state index in [2.05, 4.69) is 11.4 Å². The highest BCUT2D eigenvalue weighted by Gasteiger charge is 2.27. The van der Waals surface area contributed by atoms with Crippen LogP contribution in [0.25, 0.3) is 0 Å². The van der Waals surface area contributed by atoms with E-state index in [0.717, 1.165) is 36.9 Å². The van der Waals surface area contributed by atoms with Gasteiger partial charge in [-0.1, -0.05) is 0 Å². The molecule has 5 nitrogen and oxygen atoms in total. The summed E-state index contributed by atoms with van der Waals surface area (Å²) in [4.78, 5) is 23.3. The van der Waals surface area contributed by atoms with Gasteiger partial charge in [0.05, 0.1) is 5.56 Å². The summed E-state index contributed by atoms with van der Waals surface area (Å²) in [5.41, 5.74) is 2.12. The molecule has 1 aliphatic carbocycles. The first-order chi connectivity index (χ1) is 9.10. The van der Waals surface area contributed by atoms with Crippen LogP contribution in [0, 0.1) is 11.3 Å². The van der Waals surface area contributed by atoms with Gasteiger partial charge in [0.2, 0.25) is 11.8 Å². The maximum Gasteiger partial charge on any atom is 0.240 e. The Morgan fingerprint density at radius 3 is 2.68 bits per heavy atom. The van der Waals surface area contributed by atoms with Crippen molar-refractivity contribution in [1.29, 1.82) is 5.26 Å². The van der Waals surface area contributed by atoms with Crippen LogP contribution in [0.5, 0.6) is 0 Å². The Bertz CT molecular complexity index is 584. The molecule has 0 saturated heterocycles. The number of nitrogens with zero attached hydrogens (tertiary/aromatic N) is 2. The van der Waals surface area contributed by atoms with Gasteiger partial charge in [-0.25, -0.2) is 0 Å². The highest BCUT2D eigenvalue weighted by molar-refractivity contribution is 6.29. The van der Waals surface area contributed by atoms with Crippen LogP contribution in [0.3, 0.4) is 0 Å². The second kappa shape index (κ2) is 5.45. The summed E-state index contributed by atoms with van der Waals surface area (Å²) >= 11 is 5.47. The Kier molecular flexibility index (Phi) is 3.91. The van der Waals surface area contributed by atoms with Gasteiger partial charge in [0, 0.05) is 12.6 Å². The Hall–Kier alpha value is -1.80. The van der Waals surface area contributed by atoms with Crippen LogP contribution in [0.15, 0.2) is 0 Å². The van der Waals surface area contributed by atoms with Crippen molar-refractivity contribution in [3.8, 4) is 6.07 Å². The van der Waals surface area contributed by atoms with Crippen molar-refractivity contribution in [2.75, 3.05) is 11.2 Å². The van der Waals surface area contributed by atoms with E-state index < -0.39 is 5.91 Å². The monoisotopic (exact) mass is 279 g/mol. The molecule has 0 aromatic carbocycles. The number of nitrogens with one attached hydrogen (secondary N) is 1. The molecule has 6 heteroatoms.